The Balaban J connectivity index is 1.67. The molecule has 0 saturated heterocycles. The topological polar surface area (TPSA) is 58.2 Å². The summed E-state index contributed by atoms with van der Waals surface area (Å²) in [5.74, 6) is -1.88. The zero-order chi connectivity index (χ0) is 21.0. The van der Waals surface area contributed by atoms with Gasteiger partial charge < -0.3 is 10.6 Å². The number of benzene rings is 2. The number of halogens is 3. The Morgan fingerprint density at radius 2 is 1.72 bits per heavy atom. The van der Waals surface area contributed by atoms with Gasteiger partial charge in [-0.2, -0.15) is 13.2 Å². The molecule has 2 N–H and O–H groups in total. The van der Waals surface area contributed by atoms with Gasteiger partial charge in [0, 0.05) is 5.69 Å². The van der Waals surface area contributed by atoms with Crippen LogP contribution in [-0.4, -0.2) is 11.8 Å². The van der Waals surface area contributed by atoms with Crippen molar-refractivity contribution in [3.05, 3.63) is 64.7 Å². The molecule has 1 aliphatic rings. The van der Waals surface area contributed by atoms with E-state index in [-0.39, 0.29) is 11.7 Å². The van der Waals surface area contributed by atoms with Gasteiger partial charge in [0.25, 0.3) is 0 Å². The number of amides is 2. The number of rotatable bonds is 4. The van der Waals surface area contributed by atoms with Crippen LogP contribution >= 0.6 is 0 Å². The van der Waals surface area contributed by atoms with Gasteiger partial charge in [-0.1, -0.05) is 31.2 Å². The average Bonchev–Trinajstić information content (AvgIpc) is 2.71. The molecule has 2 aromatic carbocycles. The van der Waals surface area contributed by atoms with E-state index in [2.05, 4.69) is 22.8 Å². The number of aryl methyl sites for hydroxylation is 2. The van der Waals surface area contributed by atoms with Gasteiger partial charge in [-0.25, -0.2) is 0 Å². The highest BCUT2D eigenvalue weighted by molar-refractivity contribution is 6.39. The summed E-state index contributed by atoms with van der Waals surface area (Å²) in [7, 11) is 0. The van der Waals surface area contributed by atoms with E-state index in [4.69, 9.17) is 0 Å². The van der Waals surface area contributed by atoms with Gasteiger partial charge in [0.15, 0.2) is 0 Å². The van der Waals surface area contributed by atoms with Crippen LogP contribution in [0.1, 0.15) is 54.5 Å². The number of hydrogen-bond donors (Lipinski definition) is 2. The van der Waals surface area contributed by atoms with E-state index in [0.717, 1.165) is 37.0 Å². The van der Waals surface area contributed by atoms with E-state index >= 15 is 0 Å². The molecule has 0 spiro atoms. The highest BCUT2D eigenvalue weighted by Crippen LogP contribution is 2.30. The fraction of sp³-hybridized carbons (Fsp3) is 0.364. The van der Waals surface area contributed by atoms with Crippen molar-refractivity contribution in [3.8, 4) is 0 Å². The third kappa shape index (κ3) is 5.16. The van der Waals surface area contributed by atoms with Crippen molar-refractivity contribution >= 4 is 17.5 Å². The lowest BCUT2D eigenvalue weighted by Gasteiger charge is -2.21. The lowest BCUT2D eigenvalue weighted by Crippen LogP contribution is -2.37. The average molecular weight is 404 g/mol. The van der Waals surface area contributed by atoms with Gasteiger partial charge >= 0.3 is 18.0 Å². The molecular weight excluding hydrogens is 381 g/mol. The molecule has 3 rings (SSSR count). The van der Waals surface area contributed by atoms with E-state index in [1.165, 1.54) is 29.7 Å². The van der Waals surface area contributed by atoms with Crippen LogP contribution in [0.25, 0.3) is 0 Å². The van der Waals surface area contributed by atoms with Gasteiger partial charge in [-0.15, -0.1) is 0 Å². The van der Waals surface area contributed by atoms with Crippen LogP contribution < -0.4 is 10.6 Å². The molecule has 7 heteroatoms. The van der Waals surface area contributed by atoms with Gasteiger partial charge in [0.1, 0.15) is 0 Å². The lowest BCUT2D eigenvalue weighted by atomic mass is 9.89. The molecule has 0 saturated carbocycles. The first-order chi connectivity index (χ1) is 13.8. The summed E-state index contributed by atoms with van der Waals surface area (Å²) in [6, 6.07) is 9.95. The van der Waals surface area contributed by atoms with Crippen molar-refractivity contribution < 1.29 is 22.8 Å². The molecule has 2 aromatic rings. The number of anilines is 1. The molecule has 0 fully saturated rings. The summed E-state index contributed by atoms with van der Waals surface area (Å²) < 4.78 is 38.4. The lowest BCUT2D eigenvalue weighted by molar-refractivity contribution is -0.137. The molecule has 0 aromatic heterocycles. The van der Waals surface area contributed by atoms with E-state index in [0.29, 0.717) is 6.42 Å². The van der Waals surface area contributed by atoms with Crippen molar-refractivity contribution in [2.45, 2.75) is 51.2 Å². The van der Waals surface area contributed by atoms with Gasteiger partial charge in [0.2, 0.25) is 0 Å². The Bertz CT molecular complexity index is 909. The summed E-state index contributed by atoms with van der Waals surface area (Å²) >= 11 is 0. The van der Waals surface area contributed by atoms with Crippen LogP contribution in [0.15, 0.2) is 42.5 Å². The number of carbonyl (C=O) groups excluding carboxylic acids is 2. The zero-order valence-corrected chi connectivity index (χ0v) is 16.1. The third-order valence-electron chi connectivity index (χ3n) is 5.14. The molecule has 2 amide bonds. The Kier molecular flexibility index (Phi) is 6.25. The van der Waals surface area contributed by atoms with Crippen LogP contribution in [0.2, 0.25) is 0 Å². The molecule has 0 radical (unpaired) electrons. The van der Waals surface area contributed by atoms with E-state index in [9.17, 15) is 22.8 Å². The number of alkyl halides is 3. The van der Waals surface area contributed by atoms with Crippen molar-refractivity contribution in [2.75, 3.05) is 5.32 Å². The molecular formula is C22H23F3N2O2. The molecule has 4 nitrogen and oxygen atoms in total. The summed E-state index contributed by atoms with van der Waals surface area (Å²) in [5.41, 5.74) is 2.55. The fourth-order valence-corrected chi connectivity index (χ4v) is 3.58. The second kappa shape index (κ2) is 8.68. The highest BCUT2D eigenvalue weighted by atomic mass is 19.4. The monoisotopic (exact) mass is 404 g/mol. The largest absolute Gasteiger partial charge is 0.416 e. The zero-order valence-electron chi connectivity index (χ0n) is 16.1. The van der Waals surface area contributed by atoms with E-state index < -0.39 is 23.6 Å². The Morgan fingerprint density at radius 1 is 1.00 bits per heavy atom. The summed E-state index contributed by atoms with van der Waals surface area (Å²) in [4.78, 5) is 24.5. The van der Waals surface area contributed by atoms with Crippen molar-refractivity contribution in [3.63, 3.8) is 0 Å². The molecule has 1 aliphatic carbocycles. The van der Waals surface area contributed by atoms with E-state index in [1.807, 2.05) is 13.0 Å². The maximum Gasteiger partial charge on any atom is 0.416 e. The predicted molar refractivity (Wildman–Crippen MR) is 104 cm³/mol. The van der Waals surface area contributed by atoms with Crippen LogP contribution in [-0.2, 0) is 28.6 Å². The Morgan fingerprint density at radius 3 is 2.41 bits per heavy atom. The van der Waals surface area contributed by atoms with Crippen molar-refractivity contribution in [1.82, 2.24) is 5.32 Å². The molecule has 0 bridgehead atoms. The smallest absolute Gasteiger partial charge is 0.341 e. The fourth-order valence-electron chi connectivity index (χ4n) is 3.58. The maximum absolute atomic E-state index is 12.8. The standard InChI is InChI=1S/C22H23F3N2O2/c1-2-19(16-11-10-14-6-3-4-7-15(14)12-16)27-21(29)20(28)26-18-9-5-8-17(13-18)22(23,24)25/h5,8-13,19H,2-4,6-7H2,1H3,(H,26,28)(H,27,29). The van der Waals surface area contributed by atoms with Crippen LogP contribution in [0, 0.1) is 0 Å². The maximum atomic E-state index is 12.8. The summed E-state index contributed by atoms with van der Waals surface area (Å²) in [5, 5.41) is 4.92. The van der Waals surface area contributed by atoms with Crippen LogP contribution in [0.3, 0.4) is 0 Å². The van der Waals surface area contributed by atoms with Gasteiger partial charge in [0.05, 0.1) is 11.6 Å². The first kappa shape index (κ1) is 20.9. The quantitative estimate of drug-likeness (QED) is 0.720. The molecule has 0 aliphatic heterocycles. The SMILES string of the molecule is CCC(NC(=O)C(=O)Nc1cccc(C(F)(F)F)c1)c1ccc2c(c1)CCCC2. The molecule has 1 atom stereocenters. The van der Waals surface area contributed by atoms with E-state index in [1.54, 1.807) is 0 Å². The second-order valence-electron chi connectivity index (χ2n) is 7.20. The number of carbonyl (C=O) groups is 2. The molecule has 154 valence electrons. The Hall–Kier alpha value is -2.83. The predicted octanol–water partition coefficient (Wildman–Crippen LogP) is 4.79. The molecule has 29 heavy (non-hydrogen) atoms. The Labute approximate surface area is 167 Å². The van der Waals surface area contributed by atoms with Crippen LogP contribution in [0.5, 0.6) is 0 Å². The first-order valence-corrected chi connectivity index (χ1v) is 9.68. The third-order valence-corrected chi connectivity index (χ3v) is 5.14. The summed E-state index contributed by atoms with van der Waals surface area (Å²) in [6.45, 7) is 1.90. The minimum Gasteiger partial charge on any atom is -0.341 e. The van der Waals surface area contributed by atoms with Gasteiger partial charge in [-0.05, 0) is 67.0 Å². The molecule has 0 heterocycles. The summed E-state index contributed by atoms with van der Waals surface area (Å²) in [6.07, 6.45) is 0.431. The number of fused-ring (bicyclic) bond motifs is 1. The van der Waals surface area contributed by atoms with Crippen LogP contribution in [0.4, 0.5) is 18.9 Å². The van der Waals surface area contributed by atoms with Crippen molar-refractivity contribution in [2.24, 2.45) is 0 Å². The minimum atomic E-state index is -4.53. The normalized spacial score (nSPS) is 14.6. The number of hydrogen-bond acceptors (Lipinski definition) is 2. The number of nitrogens with one attached hydrogen (secondary N) is 2. The van der Waals surface area contributed by atoms with Gasteiger partial charge in [-0.3, -0.25) is 9.59 Å². The second-order valence-corrected chi connectivity index (χ2v) is 7.20. The van der Waals surface area contributed by atoms with Crippen molar-refractivity contribution in [1.29, 1.82) is 0 Å². The first-order valence-electron chi connectivity index (χ1n) is 9.68. The highest BCUT2D eigenvalue weighted by Gasteiger charge is 2.30. The molecule has 1 unspecified atom stereocenters. The minimum absolute atomic E-state index is 0.0817.